The second-order valence-electron chi connectivity index (χ2n) is 7.76. The summed E-state index contributed by atoms with van der Waals surface area (Å²) in [5.74, 6) is 1.39. The minimum Gasteiger partial charge on any atom is -0.486 e. The van der Waals surface area contributed by atoms with Gasteiger partial charge < -0.3 is 25.0 Å². The molecule has 172 valence electrons. The molecule has 2 aromatic rings. The fraction of sp³-hybridized carbons (Fsp3) is 0.476. The van der Waals surface area contributed by atoms with Crippen molar-refractivity contribution in [3.05, 3.63) is 35.5 Å². The number of nitrogens with one attached hydrogen (secondary N) is 2. The Morgan fingerprint density at radius 1 is 1.16 bits per heavy atom. The normalized spacial score (nSPS) is 18.2. The molecule has 0 spiro atoms. The zero-order chi connectivity index (χ0) is 22.7. The minimum atomic E-state index is -4.59. The molecule has 2 N–H and O–H groups in total. The first-order valence-corrected chi connectivity index (χ1v) is 10.9. The monoisotopic (exact) mass is 467 g/mol. The molecule has 1 atom stereocenters. The number of nitrogens with zero attached hydrogens (tertiary/aromatic N) is 3. The molecule has 0 amide bonds. The number of anilines is 2. The van der Waals surface area contributed by atoms with Crippen molar-refractivity contribution in [2.75, 3.05) is 30.0 Å². The number of alkyl halides is 3. The average Bonchev–Trinajstić information content (AvgIpc) is 2.77. The molecule has 4 rings (SSSR count). The van der Waals surface area contributed by atoms with Gasteiger partial charge in [0.1, 0.15) is 19.0 Å². The second kappa shape index (κ2) is 9.35. The lowest BCUT2D eigenvalue weighted by molar-refractivity contribution is -0.141. The summed E-state index contributed by atoms with van der Waals surface area (Å²) in [5, 5.41) is 5.79. The molecular weight excluding hydrogens is 443 g/mol. The number of halogens is 3. The van der Waals surface area contributed by atoms with Crippen molar-refractivity contribution < 1.29 is 22.6 Å². The van der Waals surface area contributed by atoms with Crippen LogP contribution >= 0.6 is 12.2 Å². The van der Waals surface area contributed by atoms with E-state index >= 15 is 0 Å². The number of aromatic nitrogens is 2. The van der Waals surface area contributed by atoms with Gasteiger partial charge in [0.15, 0.2) is 22.3 Å². The highest BCUT2D eigenvalue weighted by molar-refractivity contribution is 7.80. The van der Waals surface area contributed by atoms with Crippen LogP contribution in [0.4, 0.5) is 24.9 Å². The first-order valence-electron chi connectivity index (χ1n) is 10.5. The molecule has 2 aliphatic rings. The average molecular weight is 468 g/mol. The maximum Gasteiger partial charge on any atom is 0.433 e. The Balaban J connectivity index is 1.46. The van der Waals surface area contributed by atoms with Crippen molar-refractivity contribution in [1.82, 2.24) is 15.3 Å². The van der Waals surface area contributed by atoms with Gasteiger partial charge >= 0.3 is 6.18 Å². The Labute approximate surface area is 189 Å². The van der Waals surface area contributed by atoms with Crippen LogP contribution in [0.3, 0.4) is 0 Å². The number of hydrogen-bond acceptors (Lipinski definition) is 6. The number of rotatable bonds is 4. The van der Waals surface area contributed by atoms with Crippen LogP contribution in [-0.4, -0.2) is 40.9 Å². The van der Waals surface area contributed by atoms with E-state index in [0.29, 0.717) is 37.8 Å². The van der Waals surface area contributed by atoms with Crippen molar-refractivity contribution in [3.8, 4) is 11.5 Å². The van der Waals surface area contributed by atoms with Gasteiger partial charge in [-0.15, -0.1) is 0 Å². The molecule has 7 nitrogen and oxygen atoms in total. The molecule has 1 saturated heterocycles. The SMILES string of the molecule is CC1CCCCN1c1cc(C(F)(F)F)nc(NC(=S)NCc2ccc3c(c2)OCCO3)n1. The second-order valence-corrected chi connectivity index (χ2v) is 8.16. The smallest absolute Gasteiger partial charge is 0.433 e. The van der Waals surface area contributed by atoms with Crippen LogP contribution in [0.1, 0.15) is 37.4 Å². The van der Waals surface area contributed by atoms with Crippen LogP contribution in [-0.2, 0) is 12.7 Å². The summed E-state index contributed by atoms with van der Waals surface area (Å²) in [5.41, 5.74) is -0.122. The van der Waals surface area contributed by atoms with E-state index in [9.17, 15) is 13.2 Å². The molecule has 1 fully saturated rings. The van der Waals surface area contributed by atoms with E-state index in [-0.39, 0.29) is 22.9 Å². The predicted octanol–water partition coefficient (Wildman–Crippen LogP) is 4.13. The molecule has 0 saturated carbocycles. The van der Waals surface area contributed by atoms with Gasteiger partial charge in [0.2, 0.25) is 5.95 Å². The van der Waals surface area contributed by atoms with Gasteiger partial charge in [-0.1, -0.05) is 6.07 Å². The summed E-state index contributed by atoms with van der Waals surface area (Å²) in [6.07, 6.45) is -1.72. The fourth-order valence-corrected chi connectivity index (χ4v) is 3.91. The number of thiocarbonyl (C=S) groups is 1. The van der Waals surface area contributed by atoms with Gasteiger partial charge in [-0.25, -0.2) is 4.98 Å². The molecular formula is C21H24F3N5O2S. The van der Waals surface area contributed by atoms with E-state index in [0.717, 1.165) is 30.9 Å². The molecule has 1 aromatic carbocycles. The van der Waals surface area contributed by atoms with Gasteiger partial charge in [0, 0.05) is 25.2 Å². The highest BCUT2D eigenvalue weighted by Gasteiger charge is 2.35. The van der Waals surface area contributed by atoms with Crippen molar-refractivity contribution in [1.29, 1.82) is 0 Å². The van der Waals surface area contributed by atoms with Crippen LogP contribution in [0, 0.1) is 0 Å². The van der Waals surface area contributed by atoms with E-state index in [1.807, 2.05) is 30.0 Å². The van der Waals surface area contributed by atoms with Gasteiger partial charge in [0.25, 0.3) is 0 Å². The Morgan fingerprint density at radius 3 is 2.69 bits per heavy atom. The third-order valence-electron chi connectivity index (χ3n) is 5.39. The molecule has 11 heteroatoms. The molecule has 0 aliphatic carbocycles. The summed E-state index contributed by atoms with van der Waals surface area (Å²) < 4.78 is 51.4. The van der Waals surface area contributed by atoms with Crippen molar-refractivity contribution in [2.45, 2.75) is 44.9 Å². The summed E-state index contributed by atoms with van der Waals surface area (Å²) in [7, 11) is 0. The lowest BCUT2D eigenvalue weighted by atomic mass is 10.0. The highest BCUT2D eigenvalue weighted by atomic mass is 32.1. The van der Waals surface area contributed by atoms with Crippen LogP contribution in [0.25, 0.3) is 0 Å². The molecule has 1 aromatic heterocycles. The first-order chi connectivity index (χ1) is 15.3. The Morgan fingerprint density at radius 2 is 1.94 bits per heavy atom. The summed E-state index contributed by atoms with van der Waals surface area (Å²) >= 11 is 5.26. The number of benzene rings is 1. The first kappa shape index (κ1) is 22.4. The number of ether oxygens (including phenoxy) is 2. The van der Waals surface area contributed by atoms with E-state index in [1.165, 1.54) is 0 Å². The maximum atomic E-state index is 13.4. The molecule has 3 heterocycles. The quantitative estimate of drug-likeness (QED) is 0.651. The third kappa shape index (κ3) is 5.32. The topological polar surface area (TPSA) is 71.5 Å². The summed E-state index contributed by atoms with van der Waals surface area (Å²) in [4.78, 5) is 9.84. The summed E-state index contributed by atoms with van der Waals surface area (Å²) in [6, 6.07) is 6.61. The number of hydrogen-bond donors (Lipinski definition) is 2. The predicted molar refractivity (Wildman–Crippen MR) is 118 cm³/mol. The van der Waals surface area contributed by atoms with Gasteiger partial charge in [-0.3, -0.25) is 0 Å². The number of fused-ring (bicyclic) bond motifs is 1. The maximum absolute atomic E-state index is 13.4. The highest BCUT2D eigenvalue weighted by Crippen LogP contribution is 2.33. The van der Waals surface area contributed by atoms with Crippen molar-refractivity contribution in [2.24, 2.45) is 0 Å². The molecule has 1 unspecified atom stereocenters. The zero-order valence-corrected chi connectivity index (χ0v) is 18.4. The van der Waals surface area contributed by atoms with Crippen molar-refractivity contribution in [3.63, 3.8) is 0 Å². The lowest BCUT2D eigenvalue weighted by Crippen LogP contribution is -2.38. The fourth-order valence-electron chi connectivity index (χ4n) is 3.75. The van der Waals surface area contributed by atoms with Crippen molar-refractivity contribution >= 4 is 29.1 Å². The third-order valence-corrected chi connectivity index (χ3v) is 5.63. The molecule has 0 radical (unpaired) electrons. The Hall–Kier alpha value is -2.82. The van der Waals surface area contributed by atoms with Gasteiger partial charge in [0.05, 0.1) is 0 Å². The lowest BCUT2D eigenvalue weighted by Gasteiger charge is -2.34. The number of piperidine rings is 1. The molecule has 0 bridgehead atoms. The van der Waals surface area contributed by atoms with Crippen LogP contribution in [0.15, 0.2) is 24.3 Å². The van der Waals surface area contributed by atoms with E-state index in [4.69, 9.17) is 21.7 Å². The minimum absolute atomic E-state index is 0.105. The van der Waals surface area contributed by atoms with Crippen LogP contribution in [0.5, 0.6) is 11.5 Å². The Kier molecular flexibility index (Phi) is 6.54. The van der Waals surface area contributed by atoms with E-state index in [2.05, 4.69) is 20.6 Å². The van der Waals surface area contributed by atoms with Gasteiger partial charge in [-0.05, 0) is 56.1 Å². The largest absolute Gasteiger partial charge is 0.486 e. The zero-order valence-electron chi connectivity index (χ0n) is 17.5. The van der Waals surface area contributed by atoms with E-state index < -0.39 is 11.9 Å². The van der Waals surface area contributed by atoms with E-state index in [1.54, 1.807) is 0 Å². The summed E-state index contributed by atoms with van der Waals surface area (Å²) in [6.45, 7) is 3.98. The van der Waals surface area contributed by atoms with Gasteiger partial charge in [-0.2, -0.15) is 18.2 Å². The van der Waals surface area contributed by atoms with Crippen LogP contribution < -0.4 is 25.0 Å². The van der Waals surface area contributed by atoms with Crippen LogP contribution in [0.2, 0.25) is 0 Å². The molecule has 32 heavy (non-hydrogen) atoms. The standard InChI is InChI=1S/C21H24F3N5O2S/c1-13-4-2-3-7-29(13)18-11-17(21(22,23)24)26-19(27-18)28-20(32)25-12-14-5-6-15-16(10-14)31-9-8-30-15/h5-6,10-11,13H,2-4,7-9,12H2,1H3,(H2,25,26,27,28,32). The Bertz CT molecular complexity index is 988. The molecule has 2 aliphatic heterocycles.